The lowest BCUT2D eigenvalue weighted by atomic mass is 10.2. The molecule has 0 radical (unpaired) electrons. The number of anilines is 1. The van der Waals surface area contributed by atoms with Crippen molar-refractivity contribution < 1.29 is 14.4 Å². The Bertz CT molecular complexity index is 829. The molecule has 2 N–H and O–H groups in total. The summed E-state index contributed by atoms with van der Waals surface area (Å²) in [5, 5.41) is 9.78. The van der Waals surface area contributed by atoms with Crippen molar-refractivity contribution in [3.63, 3.8) is 0 Å². The topological polar surface area (TPSA) is 94.6 Å². The maximum atomic E-state index is 12.6. The number of thiophene rings is 1. The number of amides is 3. The van der Waals surface area contributed by atoms with Crippen LogP contribution >= 0.6 is 22.7 Å². The fourth-order valence-corrected chi connectivity index (χ4v) is 4.28. The minimum atomic E-state index is -0.189. The van der Waals surface area contributed by atoms with Gasteiger partial charge in [-0.3, -0.25) is 24.6 Å². The molecule has 1 aliphatic heterocycles. The summed E-state index contributed by atoms with van der Waals surface area (Å²) < 4.78 is 0. The molecule has 156 valence electrons. The zero-order valence-electron chi connectivity index (χ0n) is 16.3. The van der Waals surface area contributed by atoms with Gasteiger partial charge in [0.15, 0.2) is 5.13 Å². The summed E-state index contributed by atoms with van der Waals surface area (Å²) in [7, 11) is 0. The Hall–Kier alpha value is -2.30. The average molecular weight is 436 g/mol. The number of carbonyl (C=O) groups excluding carboxylic acids is 3. The van der Waals surface area contributed by atoms with E-state index in [2.05, 4.69) is 20.5 Å². The van der Waals surface area contributed by atoms with Crippen LogP contribution in [-0.4, -0.2) is 71.8 Å². The molecule has 0 atom stereocenters. The molecule has 1 aliphatic rings. The number of aromatic nitrogens is 1. The number of hydrogen-bond acceptors (Lipinski definition) is 7. The highest BCUT2D eigenvalue weighted by atomic mass is 32.1. The number of nitrogens with zero attached hydrogens (tertiary/aromatic N) is 3. The van der Waals surface area contributed by atoms with Gasteiger partial charge in [0.2, 0.25) is 11.8 Å². The first-order valence-electron chi connectivity index (χ1n) is 9.61. The summed E-state index contributed by atoms with van der Waals surface area (Å²) in [5.74, 6) is -0.140. The Kier molecular flexibility index (Phi) is 7.73. The van der Waals surface area contributed by atoms with Gasteiger partial charge in [0.05, 0.1) is 23.5 Å². The molecule has 10 heteroatoms. The Morgan fingerprint density at radius 3 is 2.66 bits per heavy atom. The monoisotopic (exact) mass is 435 g/mol. The van der Waals surface area contributed by atoms with E-state index < -0.39 is 0 Å². The van der Waals surface area contributed by atoms with Crippen molar-refractivity contribution in [2.24, 2.45) is 0 Å². The predicted octanol–water partition coefficient (Wildman–Crippen LogP) is 1.67. The van der Waals surface area contributed by atoms with Gasteiger partial charge in [-0.15, -0.1) is 22.7 Å². The van der Waals surface area contributed by atoms with Crippen molar-refractivity contribution in [1.29, 1.82) is 0 Å². The zero-order valence-corrected chi connectivity index (χ0v) is 18.0. The lowest BCUT2D eigenvalue weighted by molar-refractivity contribution is -0.132. The van der Waals surface area contributed by atoms with Crippen LogP contribution in [0.1, 0.15) is 28.7 Å². The van der Waals surface area contributed by atoms with Crippen LogP contribution in [0.3, 0.4) is 0 Å². The van der Waals surface area contributed by atoms with Crippen molar-refractivity contribution >= 4 is 45.5 Å². The Morgan fingerprint density at radius 1 is 1.17 bits per heavy atom. The van der Waals surface area contributed by atoms with Gasteiger partial charge in [-0.2, -0.15) is 0 Å². The van der Waals surface area contributed by atoms with Gasteiger partial charge >= 0.3 is 0 Å². The van der Waals surface area contributed by atoms with E-state index in [4.69, 9.17) is 0 Å². The lowest BCUT2D eigenvalue weighted by Crippen LogP contribution is -2.51. The van der Waals surface area contributed by atoms with Crippen molar-refractivity contribution in [3.05, 3.63) is 33.5 Å². The quantitative estimate of drug-likeness (QED) is 0.658. The van der Waals surface area contributed by atoms with Crippen LogP contribution in [0.4, 0.5) is 5.13 Å². The van der Waals surface area contributed by atoms with Gasteiger partial charge < -0.3 is 10.2 Å². The molecule has 0 spiro atoms. The van der Waals surface area contributed by atoms with Gasteiger partial charge in [-0.05, 0) is 17.9 Å². The van der Waals surface area contributed by atoms with Gasteiger partial charge in [0, 0.05) is 38.1 Å². The van der Waals surface area contributed by atoms with Crippen LogP contribution in [0.5, 0.6) is 0 Å². The van der Waals surface area contributed by atoms with E-state index in [9.17, 15) is 14.4 Å². The fourth-order valence-electron chi connectivity index (χ4n) is 2.96. The third kappa shape index (κ3) is 6.34. The van der Waals surface area contributed by atoms with E-state index in [1.54, 1.807) is 11.4 Å². The zero-order chi connectivity index (χ0) is 20.6. The molecule has 29 heavy (non-hydrogen) atoms. The molecule has 1 fully saturated rings. The molecule has 1 saturated heterocycles. The Morgan fingerprint density at radius 2 is 1.97 bits per heavy atom. The maximum Gasteiger partial charge on any atom is 0.267 e. The first kappa shape index (κ1) is 21.4. The number of rotatable bonds is 8. The molecule has 8 nitrogen and oxygen atoms in total. The van der Waals surface area contributed by atoms with Crippen molar-refractivity contribution in [3.8, 4) is 0 Å². The summed E-state index contributed by atoms with van der Waals surface area (Å²) in [5.41, 5.74) is 0.655. The largest absolute Gasteiger partial charge is 0.355 e. The minimum absolute atomic E-state index is 0.0153. The van der Waals surface area contributed by atoms with E-state index in [0.717, 1.165) is 6.42 Å². The highest BCUT2D eigenvalue weighted by molar-refractivity contribution is 7.14. The van der Waals surface area contributed by atoms with Crippen LogP contribution < -0.4 is 10.6 Å². The molecule has 2 aromatic heterocycles. The van der Waals surface area contributed by atoms with E-state index >= 15 is 0 Å². The van der Waals surface area contributed by atoms with Crippen LogP contribution in [0.2, 0.25) is 0 Å². The molecule has 3 rings (SSSR count). The number of nitrogens with one attached hydrogen (secondary N) is 2. The third-order valence-corrected chi connectivity index (χ3v) is 6.19. The Labute approximate surface area is 177 Å². The molecule has 3 heterocycles. The maximum absolute atomic E-state index is 12.6. The number of hydrogen-bond donors (Lipinski definition) is 2. The molecule has 0 aromatic carbocycles. The summed E-state index contributed by atoms with van der Waals surface area (Å²) in [6.45, 7) is 5.67. The summed E-state index contributed by atoms with van der Waals surface area (Å²) in [6, 6.07) is 3.58. The molecule has 3 amide bonds. The smallest absolute Gasteiger partial charge is 0.267 e. The van der Waals surface area contributed by atoms with Crippen molar-refractivity contribution in [2.75, 3.05) is 44.6 Å². The van der Waals surface area contributed by atoms with Gasteiger partial charge in [-0.25, -0.2) is 4.98 Å². The summed E-state index contributed by atoms with van der Waals surface area (Å²) in [6.07, 6.45) is 1.13. The lowest BCUT2D eigenvalue weighted by Gasteiger charge is -2.34. The van der Waals surface area contributed by atoms with Crippen LogP contribution in [-0.2, 0) is 16.0 Å². The molecule has 0 unspecified atom stereocenters. The molecule has 0 bridgehead atoms. The Balaban J connectivity index is 1.42. The molecular weight excluding hydrogens is 410 g/mol. The predicted molar refractivity (Wildman–Crippen MR) is 114 cm³/mol. The first-order chi connectivity index (χ1) is 14.0. The molecular formula is C19H25N5O3S2. The summed E-state index contributed by atoms with van der Waals surface area (Å²) in [4.78, 5) is 45.3. The minimum Gasteiger partial charge on any atom is -0.355 e. The van der Waals surface area contributed by atoms with E-state index in [0.29, 0.717) is 55.0 Å². The second-order valence-corrected chi connectivity index (χ2v) is 8.56. The highest BCUT2D eigenvalue weighted by Gasteiger charge is 2.23. The number of thiazole rings is 1. The van der Waals surface area contributed by atoms with Crippen molar-refractivity contribution in [1.82, 2.24) is 20.1 Å². The van der Waals surface area contributed by atoms with E-state index in [-0.39, 0.29) is 24.1 Å². The standard InChI is InChI=1S/C19H25N5O3S2/c1-2-5-20-16(25)12-23-6-8-24(9-7-23)17(26)11-14-13-29-19(21-14)22-18(27)15-4-3-10-28-15/h3-4,10,13H,2,5-9,11-12H2,1H3,(H,20,25)(H,21,22,27). The number of carbonyl (C=O) groups is 3. The molecule has 2 aromatic rings. The number of piperazine rings is 1. The van der Waals surface area contributed by atoms with Crippen LogP contribution in [0.25, 0.3) is 0 Å². The first-order valence-corrected chi connectivity index (χ1v) is 11.4. The highest BCUT2D eigenvalue weighted by Crippen LogP contribution is 2.19. The average Bonchev–Trinajstić information content (AvgIpc) is 3.39. The van der Waals surface area contributed by atoms with Gasteiger partial charge in [0.25, 0.3) is 5.91 Å². The fraction of sp³-hybridized carbons (Fsp3) is 0.474. The normalized spacial score (nSPS) is 14.6. The second kappa shape index (κ2) is 10.5. The SMILES string of the molecule is CCCNC(=O)CN1CCN(C(=O)Cc2csc(NC(=O)c3cccs3)n2)CC1. The van der Waals surface area contributed by atoms with Crippen molar-refractivity contribution in [2.45, 2.75) is 19.8 Å². The van der Waals surface area contributed by atoms with Crippen LogP contribution in [0, 0.1) is 0 Å². The third-order valence-electron chi connectivity index (χ3n) is 4.51. The van der Waals surface area contributed by atoms with Gasteiger partial charge in [-0.1, -0.05) is 13.0 Å². The second-order valence-electron chi connectivity index (χ2n) is 6.76. The summed E-state index contributed by atoms with van der Waals surface area (Å²) >= 11 is 2.68. The van der Waals surface area contributed by atoms with E-state index in [1.807, 2.05) is 23.3 Å². The van der Waals surface area contributed by atoms with E-state index in [1.165, 1.54) is 22.7 Å². The molecule has 0 aliphatic carbocycles. The molecule has 0 saturated carbocycles. The van der Waals surface area contributed by atoms with Gasteiger partial charge in [0.1, 0.15) is 0 Å². The van der Waals surface area contributed by atoms with Crippen LogP contribution in [0.15, 0.2) is 22.9 Å².